The van der Waals surface area contributed by atoms with E-state index in [-0.39, 0.29) is 11.9 Å². The zero-order valence-electron chi connectivity index (χ0n) is 18.7. The molecular formula is C25H37ClFN3. The average Bonchev–Trinajstić information content (AvgIpc) is 3.02. The Labute approximate surface area is 186 Å². The van der Waals surface area contributed by atoms with Crippen molar-refractivity contribution in [3.05, 3.63) is 70.5 Å². The Morgan fingerprint density at radius 2 is 1.77 bits per heavy atom. The van der Waals surface area contributed by atoms with Gasteiger partial charge in [0.25, 0.3) is 0 Å². The number of fused-ring (bicyclic) bond motifs is 2. The molecule has 2 aromatic carbocycles. The molecule has 0 heterocycles. The lowest BCUT2D eigenvalue weighted by atomic mass is 9.69. The number of halogens is 2. The van der Waals surface area contributed by atoms with E-state index in [4.69, 9.17) is 28.8 Å². The first-order valence-corrected chi connectivity index (χ1v) is 11.1. The Balaban J connectivity index is 0.000000161. The van der Waals surface area contributed by atoms with Crippen molar-refractivity contribution in [3.63, 3.8) is 0 Å². The average molecular weight is 434 g/mol. The van der Waals surface area contributed by atoms with Gasteiger partial charge in [-0.05, 0) is 78.3 Å². The molecule has 0 aromatic heterocycles. The van der Waals surface area contributed by atoms with Gasteiger partial charge < -0.3 is 17.2 Å². The molecule has 166 valence electrons. The van der Waals surface area contributed by atoms with Crippen molar-refractivity contribution in [3.8, 4) is 0 Å². The molecule has 0 amide bonds. The van der Waals surface area contributed by atoms with E-state index in [1.54, 1.807) is 12.1 Å². The molecule has 4 rings (SSSR count). The molecule has 4 atom stereocenters. The Bertz CT molecular complexity index is 806. The van der Waals surface area contributed by atoms with Crippen LogP contribution in [-0.4, -0.2) is 6.04 Å². The summed E-state index contributed by atoms with van der Waals surface area (Å²) in [6.07, 6.45) is 4.03. The van der Waals surface area contributed by atoms with Crippen LogP contribution in [0.4, 0.5) is 4.39 Å². The van der Waals surface area contributed by atoms with Gasteiger partial charge in [-0.1, -0.05) is 56.6 Å². The van der Waals surface area contributed by atoms with Crippen LogP contribution in [0, 0.1) is 22.6 Å². The minimum absolute atomic E-state index is 0.0133. The number of hydrogen-bond donors (Lipinski definition) is 3. The summed E-state index contributed by atoms with van der Waals surface area (Å²) in [7, 11) is 0. The maximum atomic E-state index is 12.3. The lowest BCUT2D eigenvalue weighted by Gasteiger charge is -2.37. The molecule has 3 nitrogen and oxygen atoms in total. The lowest BCUT2D eigenvalue weighted by Crippen LogP contribution is -2.40. The SMILES string of the molecule is CC(N)c1ccc(F)cc1.CC1(C)C2CC[C@@]1(C)C(N)C2.NCc1cccc(Cl)c1. The smallest absolute Gasteiger partial charge is 0.123 e. The van der Waals surface area contributed by atoms with E-state index in [2.05, 4.69) is 20.8 Å². The molecule has 2 aliphatic rings. The molecule has 2 aromatic rings. The van der Waals surface area contributed by atoms with Crippen molar-refractivity contribution in [2.24, 2.45) is 33.9 Å². The summed E-state index contributed by atoms with van der Waals surface area (Å²) in [4.78, 5) is 0. The summed E-state index contributed by atoms with van der Waals surface area (Å²) in [6.45, 7) is 9.60. The maximum absolute atomic E-state index is 12.3. The number of benzene rings is 2. The van der Waals surface area contributed by atoms with Gasteiger partial charge in [0, 0.05) is 23.7 Å². The maximum Gasteiger partial charge on any atom is 0.123 e. The fraction of sp³-hybridized carbons (Fsp3) is 0.520. The van der Waals surface area contributed by atoms with Gasteiger partial charge in [-0.15, -0.1) is 0 Å². The molecule has 2 fully saturated rings. The fourth-order valence-electron chi connectivity index (χ4n) is 4.70. The van der Waals surface area contributed by atoms with Crippen molar-refractivity contribution < 1.29 is 4.39 Å². The minimum atomic E-state index is -0.218. The molecule has 2 aliphatic carbocycles. The topological polar surface area (TPSA) is 78.1 Å². The molecule has 5 heteroatoms. The predicted octanol–water partition coefficient (Wildman–Crippen LogP) is 5.80. The third-order valence-corrected chi connectivity index (χ3v) is 7.62. The Morgan fingerprint density at radius 3 is 2.10 bits per heavy atom. The second kappa shape index (κ2) is 10.2. The van der Waals surface area contributed by atoms with Crippen LogP contribution in [0.25, 0.3) is 0 Å². The number of hydrogen-bond acceptors (Lipinski definition) is 3. The summed E-state index contributed by atoms with van der Waals surface area (Å²) in [5.41, 5.74) is 20.0. The van der Waals surface area contributed by atoms with Crippen LogP contribution in [0.5, 0.6) is 0 Å². The quantitative estimate of drug-likeness (QED) is 0.559. The van der Waals surface area contributed by atoms with Crippen molar-refractivity contribution in [1.82, 2.24) is 0 Å². The van der Waals surface area contributed by atoms with Crippen molar-refractivity contribution in [2.45, 2.75) is 65.6 Å². The number of rotatable bonds is 2. The summed E-state index contributed by atoms with van der Waals surface area (Å²) in [5, 5.41) is 0.748. The van der Waals surface area contributed by atoms with Gasteiger partial charge in [-0.2, -0.15) is 0 Å². The third kappa shape index (κ3) is 5.61. The highest BCUT2D eigenvalue weighted by molar-refractivity contribution is 6.30. The van der Waals surface area contributed by atoms with Crippen LogP contribution >= 0.6 is 11.6 Å². The first-order valence-electron chi connectivity index (χ1n) is 10.7. The van der Waals surface area contributed by atoms with E-state index in [1.165, 1.54) is 31.4 Å². The van der Waals surface area contributed by atoms with Gasteiger partial charge in [-0.3, -0.25) is 0 Å². The van der Waals surface area contributed by atoms with Gasteiger partial charge >= 0.3 is 0 Å². The molecule has 2 bridgehead atoms. The molecule has 6 N–H and O–H groups in total. The van der Waals surface area contributed by atoms with Crippen molar-refractivity contribution in [2.75, 3.05) is 0 Å². The Morgan fingerprint density at radius 1 is 1.13 bits per heavy atom. The highest BCUT2D eigenvalue weighted by atomic mass is 35.5. The van der Waals surface area contributed by atoms with E-state index in [1.807, 2.05) is 31.2 Å². The summed E-state index contributed by atoms with van der Waals surface area (Å²) in [6, 6.07) is 14.2. The number of nitrogens with two attached hydrogens (primary N) is 3. The first kappa shape index (κ1) is 24.8. The molecule has 0 aliphatic heterocycles. The Hall–Kier alpha value is -1.46. The van der Waals surface area contributed by atoms with E-state index in [9.17, 15) is 4.39 Å². The van der Waals surface area contributed by atoms with Crippen LogP contribution in [0.15, 0.2) is 48.5 Å². The molecule has 0 spiro atoms. The van der Waals surface area contributed by atoms with Gasteiger partial charge in [-0.25, -0.2) is 4.39 Å². The third-order valence-electron chi connectivity index (χ3n) is 7.38. The summed E-state index contributed by atoms with van der Waals surface area (Å²) < 4.78 is 12.3. The van der Waals surface area contributed by atoms with E-state index in [0.717, 1.165) is 22.1 Å². The van der Waals surface area contributed by atoms with Crippen LogP contribution < -0.4 is 17.2 Å². The zero-order chi connectivity index (χ0) is 22.5. The lowest BCUT2D eigenvalue weighted by molar-refractivity contribution is 0.136. The van der Waals surface area contributed by atoms with Gasteiger partial charge in [0.1, 0.15) is 5.82 Å². The van der Waals surface area contributed by atoms with E-state index < -0.39 is 0 Å². The van der Waals surface area contributed by atoms with Crippen molar-refractivity contribution >= 4 is 11.6 Å². The van der Waals surface area contributed by atoms with E-state index >= 15 is 0 Å². The molecule has 0 radical (unpaired) electrons. The van der Waals surface area contributed by atoms with Crippen LogP contribution in [-0.2, 0) is 6.54 Å². The normalized spacial score (nSPS) is 26.8. The second-order valence-electron chi connectivity index (χ2n) is 9.39. The zero-order valence-corrected chi connectivity index (χ0v) is 19.4. The second-order valence-corrected chi connectivity index (χ2v) is 9.83. The van der Waals surface area contributed by atoms with Crippen LogP contribution in [0.1, 0.15) is 64.1 Å². The predicted molar refractivity (Wildman–Crippen MR) is 126 cm³/mol. The summed E-state index contributed by atoms with van der Waals surface area (Å²) >= 11 is 5.67. The molecule has 0 saturated heterocycles. The molecular weight excluding hydrogens is 397 g/mol. The molecule has 30 heavy (non-hydrogen) atoms. The van der Waals surface area contributed by atoms with Gasteiger partial charge in [0.15, 0.2) is 0 Å². The first-order chi connectivity index (χ1) is 14.0. The molecule has 3 unspecified atom stereocenters. The monoisotopic (exact) mass is 433 g/mol. The standard InChI is InChI=1S/C10H19N.C8H10FN.C7H8ClN/c1-9(2)7-4-5-10(9,3)8(11)6-7;1-6(10)7-2-4-8(9)5-3-7;8-7-3-1-2-6(4-7)5-9/h7-8H,4-6,11H2,1-3H3;2-6H,10H2,1H3;1-4H,5,9H2/t7?,8?,10-;;/m0../s1. The van der Waals surface area contributed by atoms with Gasteiger partial charge in [0.05, 0.1) is 0 Å². The highest BCUT2D eigenvalue weighted by Gasteiger charge is 2.59. The molecule has 2 saturated carbocycles. The van der Waals surface area contributed by atoms with Gasteiger partial charge in [0.2, 0.25) is 0 Å². The largest absolute Gasteiger partial charge is 0.327 e. The van der Waals surface area contributed by atoms with Crippen LogP contribution in [0.2, 0.25) is 5.02 Å². The Kier molecular flexibility index (Phi) is 8.46. The fourth-order valence-corrected chi connectivity index (χ4v) is 4.91. The minimum Gasteiger partial charge on any atom is -0.327 e. The highest BCUT2D eigenvalue weighted by Crippen LogP contribution is 2.64. The summed E-state index contributed by atoms with van der Waals surface area (Å²) in [5.74, 6) is 0.687. The van der Waals surface area contributed by atoms with E-state index in [0.29, 0.717) is 23.4 Å². The van der Waals surface area contributed by atoms with Crippen molar-refractivity contribution in [1.29, 1.82) is 0 Å². The van der Waals surface area contributed by atoms with Crippen LogP contribution in [0.3, 0.4) is 0 Å².